The maximum Gasteiger partial charge on any atom is 0.328 e. The van der Waals surface area contributed by atoms with E-state index in [0.717, 1.165) is 57.4 Å². The summed E-state index contributed by atoms with van der Waals surface area (Å²) >= 11 is 0. The summed E-state index contributed by atoms with van der Waals surface area (Å²) in [6.45, 7) is 9.06. The van der Waals surface area contributed by atoms with E-state index in [0.29, 0.717) is 93.8 Å². The Kier molecular flexibility index (Phi) is 9.32. The summed E-state index contributed by atoms with van der Waals surface area (Å²) in [5.41, 5.74) is 3.81. The van der Waals surface area contributed by atoms with Crippen LogP contribution in [0.25, 0.3) is 0 Å². The van der Waals surface area contributed by atoms with Crippen molar-refractivity contribution in [2.75, 3.05) is 111 Å². The van der Waals surface area contributed by atoms with E-state index in [1.165, 1.54) is 0 Å². The third-order valence-corrected chi connectivity index (χ3v) is 8.34. The number of benzene rings is 1. The number of methoxy groups -OCH3 is 1. The van der Waals surface area contributed by atoms with Gasteiger partial charge in [-0.15, -0.1) is 0 Å². The zero-order valence-corrected chi connectivity index (χ0v) is 26.2. The van der Waals surface area contributed by atoms with Crippen LogP contribution in [0.3, 0.4) is 0 Å². The minimum absolute atomic E-state index is 0.191. The molecule has 4 aliphatic rings. The predicted molar refractivity (Wildman–Crippen MR) is 173 cm³/mol. The van der Waals surface area contributed by atoms with E-state index in [-0.39, 0.29) is 6.01 Å². The average molecular weight is 633 g/mol. The quantitative estimate of drug-likeness (QED) is 0.257. The van der Waals surface area contributed by atoms with Crippen molar-refractivity contribution in [3.05, 3.63) is 23.8 Å². The van der Waals surface area contributed by atoms with Gasteiger partial charge in [0.05, 0.1) is 39.8 Å². The zero-order chi connectivity index (χ0) is 31.1. The molecule has 0 saturated carbocycles. The van der Waals surface area contributed by atoms with Gasteiger partial charge in [-0.3, -0.25) is 0 Å². The number of aromatic nitrogens is 6. The lowest BCUT2D eigenvalue weighted by Gasteiger charge is -2.30. The molecular weight excluding hydrogens is 592 g/mol. The predicted octanol–water partition coefficient (Wildman–Crippen LogP) is 2.18. The van der Waals surface area contributed by atoms with Crippen LogP contribution >= 0.6 is 0 Å². The molecule has 6 heterocycles. The van der Waals surface area contributed by atoms with Crippen LogP contribution in [0.5, 0.6) is 17.5 Å². The standard InChI is InChI=1S/C30H40N12O4/c1-43-24-20-22(21-31-38-25-32-26(39-8-2-3-9-39)34-27(33-25)40-10-4-5-11-40)6-7-23(24)46-30-36-28(41-12-16-44-17-13-41)35-29(37-30)42-14-18-45-19-15-42/h6-7,20-21H,2-5,8-19H2,1H3,(H,32,33,34,38). The van der Waals surface area contributed by atoms with Gasteiger partial charge < -0.3 is 38.5 Å². The number of hydrogen-bond acceptors (Lipinski definition) is 16. The van der Waals surface area contributed by atoms with Gasteiger partial charge in [0.25, 0.3) is 0 Å². The molecule has 0 amide bonds. The van der Waals surface area contributed by atoms with Gasteiger partial charge in [-0.1, -0.05) is 0 Å². The first kappa shape index (κ1) is 30.1. The van der Waals surface area contributed by atoms with Crippen LogP contribution in [0.1, 0.15) is 31.2 Å². The molecule has 3 aromatic rings. The van der Waals surface area contributed by atoms with Crippen molar-refractivity contribution >= 4 is 36.0 Å². The molecule has 46 heavy (non-hydrogen) atoms. The number of ether oxygens (including phenoxy) is 4. The molecule has 16 nitrogen and oxygen atoms in total. The first-order valence-corrected chi connectivity index (χ1v) is 16.0. The Hall–Kier alpha value is -4.57. The third-order valence-electron chi connectivity index (χ3n) is 8.34. The molecule has 0 unspecified atom stereocenters. The van der Waals surface area contributed by atoms with Gasteiger partial charge in [-0.25, -0.2) is 5.43 Å². The fourth-order valence-corrected chi connectivity index (χ4v) is 5.82. The van der Waals surface area contributed by atoms with E-state index in [2.05, 4.69) is 50.1 Å². The van der Waals surface area contributed by atoms with E-state index in [1.807, 2.05) is 18.2 Å². The van der Waals surface area contributed by atoms with Crippen molar-refractivity contribution in [1.82, 2.24) is 29.9 Å². The van der Waals surface area contributed by atoms with Crippen LogP contribution in [-0.4, -0.2) is 122 Å². The zero-order valence-electron chi connectivity index (χ0n) is 26.2. The summed E-state index contributed by atoms with van der Waals surface area (Å²) in [5, 5.41) is 4.44. The lowest BCUT2D eigenvalue weighted by Crippen LogP contribution is -2.40. The maximum atomic E-state index is 6.22. The van der Waals surface area contributed by atoms with Crippen molar-refractivity contribution < 1.29 is 18.9 Å². The Bertz CT molecular complexity index is 1430. The van der Waals surface area contributed by atoms with Crippen molar-refractivity contribution in [3.63, 3.8) is 0 Å². The number of hydrazone groups is 1. The van der Waals surface area contributed by atoms with Gasteiger partial charge in [0.1, 0.15) is 0 Å². The molecule has 1 N–H and O–H groups in total. The molecule has 0 radical (unpaired) electrons. The number of nitrogens with zero attached hydrogens (tertiary/aromatic N) is 11. The molecule has 7 rings (SSSR count). The SMILES string of the molecule is COc1cc(C=NNc2nc(N3CCCC3)nc(N3CCCC3)n2)ccc1Oc1nc(N2CCOCC2)nc(N2CCOCC2)n1. The molecular formula is C30H40N12O4. The maximum absolute atomic E-state index is 6.22. The van der Waals surface area contributed by atoms with Crippen LogP contribution in [-0.2, 0) is 9.47 Å². The molecule has 0 atom stereocenters. The molecule has 2 aromatic heterocycles. The van der Waals surface area contributed by atoms with Crippen molar-refractivity contribution in [3.8, 4) is 17.5 Å². The summed E-state index contributed by atoms with van der Waals surface area (Å²) in [4.78, 5) is 36.7. The van der Waals surface area contributed by atoms with Crippen LogP contribution in [0.2, 0.25) is 0 Å². The van der Waals surface area contributed by atoms with Crippen molar-refractivity contribution in [2.24, 2.45) is 5.10 Å². The Morgan fingerprint density at radius 3 is 1.67 bits per heavy atom. The number of hydrogen-bond donors (Lipinski definition) is 1. The Balaban J connectivity index is 1.08. The van der Waals surface area contributed by atoms with Crippen LogP contribution in [0.4, 0.5) is 29.7 Å². The van der Waals surface area contributed by atoms with Gasteiger partial charge in [0, 0.05) is 52.4 Å². The normalized spacial score (nSPS) is 18.9. The molecule has 16 heteroatoms. The molecule has 0 bridgehead atoms. The number of anilines is 5. The monoisotopic (exact) mass is 632 g/mol. The average Bonchev–Trinajstić information content (AvgIpc) is 3.86. The molecule has 0 aliphatic carbocycles. The minimum atomic E-state index is 0.191. The van der Waals surface area contributed by atoms with Crippen LogP contribution in [0, 0.1) is 0 Å². The lowest BCUT2D eigenvalue weighted by molar-refractivity contribution is 0.121. The van der Waals surface area contributed by atoms with E-state index < -0.39 is 0 Å². The number of morpholine rings is 2. The van der Waals surface area contributed by atoms with E-state index in [1.54, 1.807) is 13.3 Å². The molecule has 244 valence electrons. The van der Waals surface area contributed by atoms with Crippen molar-refractivity contribution in [1.29, 1.82) is 0 Å². The largest absolute Gasteiger partial charge is 0.493 e. The topological polar surface area (TPSA) is 152 Å². The first-order valence-electron chi connectivity index (χ1n) is 16.0. The number of nitrogens with one attached hydrogen (secondary N) is 1. The van der Waals surface area contributed by atoms with Crippen LogP contribution in [0.15, 0.2) is 23.3 Å². The van der Waals surface area contributed by atoms with Gasteiger partial charge in [-0.05, 0) is 49.4 Å². The second-order valence-corrected chi connectivity index (χ2v) is 11.4. The van der Waals surface area contributed by atoms with Crippen molar-refractivity contribution in [2.45, 2.75) is 25.7 Å². The fraction of sp³-hybridized carbons (Fsp3) is 0.567. The van der Waals surface area contributed by atoms with Gasteiger partial charge in [0.15, 0.2) is 11.5 Å². The smallest absolute Gasteiger partial charge is 0.328 e. The van der Waals surface area contributed by atoms with Gasteiger partial charge >= 0.3 is 6.01 Å². The minimum Gasteiger partial charge on any atom is -0.493 e. The second-order valence-electron chi connectivity index (χ2n) is 11.4. The van der Waals surface area contributed by atoms with Gasteiger partial charge in [-0.2, -0.15) is 35.0 Å². The second kappa shape index (κ2) is 14.2. The Labute approximate surface area is 267 Å². The highest BCUT2D eigenvalue weighted by molar-refractivity contribution is 5.81. The molecule has 4 saturated heterocycles. The summed E-state index contributed by atoms with van der Waals surface area (Å²) in [5.74, 6) is 3.92. The Morgan fingerprint density at radius 1 is 0.652 bits per heavy atom. The summed E-state index contributed by atoms with van der Waals surface area (Å²) in [7, 11) is 1.59. The third kappa shape index (κ3) is 7.12. The highest BCUT2D eigenvalue weighted by atomic mass is 16.5. The number of rotatable bonds is 10. The summed E-state index contributed by atoms with van der Waals surface area (Å²) in [6.07, 6.45) is 6.27. The highest BCUT2D eigenvalue weighted by Crippen LogP contribution is 2.32. The summed E-state index contributed by atoms with van der Waals surface area (Å²) < 4.78 is 23.0. The first-order chi connectivity index (χ1) is 22.7. The highest BCUT2D eigenvalue weighted by Gasteiger charge is 2.23. The van der Waals surface area contributed by atoms with E-state index in [4.69, 9.17) is 28.9 Å². The Morgan fingerprint density at radius 2 is 1.15 bits per heavy atom. The van der Waals surface area contributed by atoms with Crippen LogP contribution < -0.4 is 34.5 Å². The summed E-state index contributed by atoms with van der Waals surface area (Å²) in [6, 6.07) is 5.73. The lowest BCUT2D eigenvalue weighted by atomic mass is 10.2. The molecule has 1 aromatic carbocycles. The van der Waals surface area contributed by atoms with E-state index >= 15 is 0 Å². The molecule has 0 spiro atoms. The van der Waals surface area contributed by atoms with E-state index in [9.17, 15) is 0 Å². The molecule has 4 aliphatic heterocycles. The fourth-order valence-electron chi connectivity index (χ4n) is 5.82. The van der Waals surface area contributed by atoms with Gasteiger partial charge in [0.2, 0.25) is 29.7 Å². The molecule has 4 fully saturated rings.